The summed E-state index contributed by atoms with van der Waals surface area (Å²) >= 11 is 6.26. The number of hydrogen-bond acceptors (Lipinski definition) is 6. The van der Waals surface area contributed by atoms with Gasteiger partial charge in [0.1, 0.15) is 29.5 Å². The molecule has 0 aromatic heterocycles. The van der Waals surface area contributed by atoms with E-state index >= 15 is 0 Å². The third-order valence-electron chi connectivity index (χ3n) is 7.98. The van der Waals surface area contributed by atoms with Crippen LogP contribution in [-0.4, -0.2) is 64.9 Å². The van der Waals surface area contributed by atoms with Crippen molar-refractivity contribution < 1.29 is 28.7 Å². The summed E-state index contributed by atoms with van der Waals surface area (Å²) in [6.07, 6.45) is 1.90. The van der Waals surface area contributed by atoms with Crippen LogP contribution >= 0.6 is 11.6 Å². The number of rotatable bonds is 14. The Morgan fingerprint density at radius 2 is 1.77 bits per heavy atom. The summed E-state index contributed by atoms with van der Waals surface area (Å²) in [4.78, 5) is 54.2. The van der Waals surface area contributed by atoms with Gasteiger partial charge in [0.15, 0.2) is 0 Å². The van der Waals surface area contributed by atoms with Gasteiger partial charge in [-0.25, -0.2) is 4.39 Å². The van der Waals surface area contributed by atoms with Gasteiger partial charge < -0.3 is 26.0 Å². The van der Waals surface area contributed by atoms with Gasteiger partial charge in [-0.2, -0.15) is 5.26 Å². The van der Waals surface area contributed by atoms with Crippen LogP contribution in [0.4, 0.5) is 4.39 Å². The van der Waals surface area contributed by atoms with Crippen molar-refractivity contribution in [3.05, 3.63) is 82.1 Å². The van der Waals surface area contributed by atoms with E-state index < -0.39 is 41.7 Å². The predicted octanol–water partition coefficient (Wildman–Crippen LogP) is 3.81. The molecule has 1 heterocycles. The maximum atomic E-state index is 13.5. The second-order valence-corrected chi connectivity index (χ2v) is 12.6. The lowest BCUT2D eigenvalue weighted by Crippen LogP contribution is -2.57. The van der Waals surface area contributed by atoms with Crippen LogP contribution in [0.5, 0.6) is 0 Å². The Bertz CT molecular complexity index is 1480. The van der Waals surface area contributed by atoms with Crippen LogP contribution in [0.25, 0.3) is 0 Å². The Morgan fingerprint density at radius 3 is 2.38 bits per heavy atom. The second kappa shape index (κ2) is 18.2. The van der Waals surface area contributed by atoms with Crippen molar-refractivity contribution in [2.45, 2.75) is 77.6 Å². The number of amides is 4. The van der Waals surface area contributed by atoms with Crippen LogP contribution in [0.15, 0.2) is 60.2 Å². The minimum atomic E-state index is -1.34. The lowest BCUT2D eigenvalue weighted by atomic mass is 9.89. The summed E-state index contributed by atoms with van der Waals surface area (Å²) < 4.78 is 13.5. The van der Waals surface area contributed by atoms with E-state index in [1.165, 1.54) is 19.1 Å². The first-order valence-corrected chi connectivity index (χ1v) is 16.2. The van der Waals surface area contributed by atoms with E-state index in [4.69, 9.17) is 11.6 Å². The Morgan fingerprint density at radius 1 is 1.06 bits per heavy atom. The van der Waals surface area contributed by atoms with Crippen molar-refractivity contribution in [3.8, 4) is 6.07 Å². The number of aliphatic hydroxyl groups is 1. The molecule has 252 valence electrons. The van der Waals surface area contributed by atoms with Gasteiger partial charge in [0.25, 0.3) is 5.91 Å². The molecular formula is C35H43ClFN5O5. The molecule has 47 heavy (non-hydrogen) atoms. The van der Waals surface area contributed by atoms with Gasteiger partial charge in [0, 0.05) is 31.1 Å². The molecule has 3 atom stereocenters. The monoisotopic (exact) mass is 667 g/mol. The molecule has 12 heteroatoms. The van der Waals surface area contributed by atoms with Gasteiger partial charge >= 0.3 is 0 Å². The van der Waals surface area contributed by atoms with Gasteiger partial charge in [-0.1, -0.05) is 61.9 Å². The molecule has 1 aliphatic heterocycles. The Kier molecular flexibility index (Phi) is 14.4. The highest BCUT2D eigenvalue weighted by atomic mass is 35.5. The third kappa shape index (κ3) is 11.8. The zero-order chi connectivity index (χ0) is 34.5. The van der Waals surface area contributed by atoms with Crippen molar-refractivity contribution in [2.24, 2.45) is 11.8 Å². The summed E-state index contributed by atoms with van der Waals surface area (Å²) in [6.45, 7) is 6.04. The van der Waals surface area contributed by atoms with Crippen LogP contribution in [-0.2, 0) is 32.1 Å². The van der Waals surface area contributed by atoms with Crippen molar-refractivity contribution in [1.29, 1.82) is 5.26 Å². The standard InChI is InChI=1S/C35H43ClFN5O5/c1-22(2)17-27(20-38)35(47)42-15-13-25(14-16-42)19-30(33(45)39-21-26-8-4-5-10-29(26)36)40-34(46)32(23(3)43)41-31(44)12-11-24-7-6-9-28(37)18-24/h4-10,17-18,22-23,25,30,32,43H,11-16,19,21H2,1-3H3,(H,39,45)(H,40,46)(H,41,44)/t23-,30+,32+/m1/s1. The largest absolute Gasteiger partial charge is 0.391 e. The number of halogens is 2. The quantitative estimate of drug-likeness (QED) is 0.178. The van der Waals surface area contributed by atoms with Crippen molar-refractivity contribution in [1.82, 2.24) is 20.9 Å². The van der Waals surface area contributed by atoms with E-state index in [1.807, 2.05) is 19.9 Å². The molecule has 0 spiro atoms. The van der Waals surface area contributed by atoms with Gasteiger partial charge in [-0.05, 0) is 73.8 Å². The number of hydrogen-bond donors (Lipinski definition) is 4. The number of carbonyl (C=O) groups excluding carboxylic acids is 4. The molecule has 1 fully saturated rings. The molecule has 0 bridgehead atoms. The van der Waals surface area contributed by atoms with Crippen LogP contribution in [0.2, 0.25) is 5.02 Å². The average Bonchev–Trinajstić information content (AvgIpc) is 3.04. The lowest BCUT2D eigenvalue weighted by molar-refractivity contribution is -0.134. The number of allylic oxidation sites excluding steroid dienone is 1. The number of benzene rings is 2. The van der Waals surface area contributed by atoms with Crippen LogP contribution < -0.4 is 16.0 Å². The fourth-order valence-electron chi connectivity index (χ4n) is 5.41. The molecule has 4 amide bonds. The molecule has 1 aliphatic rings. The highest BCUT2D eigenvalue weighted by Gasteiger charge is 2.33. The first kappa shape index (κ1) is 37.2. The Hall–Kier alpha value is -4.27. The van der Waals surface area contributed by atoms with Crippen molar-refractivity contribution >= 4 is 35.2 Å². The fourth-order valence-corrected chi connectivity index (χ4v) is 5.61. The van der Waals surface area contributed by atoms with Crippen LogP contribution in [0.3, 0.4) is 0 Å². The topological polar surface area (TPSA) is 152 Å². The number of nitrogens with one attached hydrogen (secondary N) is 3. The number of nitrogens with zero attached hydrogens (tertiary/aromatic N) is 2. The number of likely N-dealkylation sites (tertiary alicyclic amines) is 1. The van der Waals surface area contributed by atoms with Gasteiger partial charge in [-0.3, -0.25) is 19.2 Å². The molecule has 0 saturated carbocycles. The number of carbonyl (C=O) groups is 4. The van der Waals surface area contributed by atoms with Gasteiger partial charge in [0.2, 0.25) is 17.7 Å². The van der Waals surface area contributed by atoms with Crippen molar-refractivity contribution in [2.75, 3.05) is 13.1 Å². The average molecular weight is 668 g/mol. The summed E-state index contributed by atoms with van der Waals surface area (Å²) in [5, 5.41) is 28.4. The Labute approximate surface area is 280 Å². The second-order valence-electron chi connectivity index (χ2n) is 12.2. The summed E-state index contributed by atoms with van der Waals surface area (Å²) in [5.41, 5.74) is 1.40. The molecule has 2 aromatic carbocycles. The number of nitriles is 1. The first-order valence-electron chi connectivity index (χ1n) is 15.8. The summed E-state index contributed by atoms with van der Waals surface area (Å²) in [5.74, 6) is -2.46. The van der Waals surface area contributed by atoms with E-state index in [0.717, 1.165) is 0 Å². The minimum Gasteiger partial charge on any atom is -0.391 e. The van der Waals surface area contributed by atoms with E-state index in [0.29, 0.717) is 42.1 Å². The SMILES string of the molecule is CC(C)C=C(C#N)C(=O)N1CCC(C[C@H](NC(=O)[C@@H](NC(=O)CCc2cccc(F)c2)[C@@H](C)O)C(=O)NCc2ccccc2Cl)CC1. The molecule has 4 N–H and O–H groups in total. The molecule has 0 unspecified atom stereocenters. The number of piperidine rings is 1. The molecule has 2 aromatic rings. The number of aliphatic hydroxyl groups excluding tert-OH is 1. The lowest BCUT2D eigenvalue weighted by Gasteiger charge is -2.34. The molecule has 10 nitrogen and oxygen atoms in total. The zero-order valence-corrected chi connectivity index (χ0v) is 27.7. The number of aryl methyl sites for hydroxylation is 1. The molecular weight excluding hydrogens is 625 g/mol. The zero-order valence-electron chi connectivity index (χ0n) is 27.0. The maximum Gasteiger partial charge on any atom is 0.264 e. The molecule has 0 aliphatic carbocycles. The van der Waals surface area contributed by atoms with E-state index in [9.17, 15) is 33.9 Å². The van der Waals surface area contributed by atoms with E-state index in [1.54, 1.807) is 47.4 Å². The molecule has 1 saturated heterocycles. The fraction of sp³-hybridized carbons (Fsp3) is 0.457. The van der Waals surface area contributed by atoms with E-state index in [2.05, 4.69) is 16.0 Å². The first-order chi connectivity index (χ1) is 22.4. The predicted molar refractivity (Wildman–Crippen MR) is 176 cm³/mol. The van der Waals surface area contributed by atoms with Gasteiger partial charge in [0.05, 0.1) is 6.10 Å². The smallest absolute Gasteiger partial charge is 0.264 e. The maximum absolute atomic E-state index is 13.5. The van der Waals surface area contributed by atoms with Crippen LogP contribution in [0.1, 0.15) is 57.6 Å². The van der Waals surface area contributed by atoms with E-state index in [-0.39, 0.29) is 49.1 Å². The summed E-state index contributed by atoms with van der Waals surface area (Å²) in [7, 11) is 0. The normalized spacial score (nSPS) is 15.7. The third-order valence-corrected chi connectivity index (χ3v) is 8.35. The Balaban J connectivity index is 1.68. The highest BCUT2D eigenvalue weighted by molar-refractivity contribution is 6.31. The highest BCUT2D eigenvalue weighted by Crippen LogP contribution is 2.24. The molecule has 3 rings (SSSR count). The minimum absolute atomic E-state index is 0.0408. The van der Waals surface area contributed by atoms with Crippen molar-refractivity contribution in [3.63, 3.8) is 0 Å². The van der Waals surface area contributed by atoms with Crippen LogP contribution in [0, 0.1) is 29.0 Å². The van der Waals surface area contributed by atoms with Gasteiger partial charge in [-0.15, -0.1) is 0 Å². The molecule has 0 radical (unpaired) electrons. The summed E-state index contributed by atoms with van der Waals surface area (Å²) in [6, 6.07) is 12.5.